The van der Waals surface area contributed by atoms with Crippen LogP contribution < -0.4 is 10.1 Å². The molecular formula is C18H28N4O2. The molecule has 2 amide bonds. The first-order valence-electron chi connectivity index (χ1n) is 9.11. The predicted molar refractivity (Wildman–Crippen MR) is 93.0 cm³/mol. The zero-order chi connectivity index (χ0) is 16.8. The van der Waals surface area contributed by atoms with Gasteiger partial charge in [0, 0.05) is 37.4 Å². The van der Waals surface area contributed by atoms with Crippen LogP contribution in [0.4, 0.5) is 4.79 Å². The summed E-state index contributed by atoms with van der Waals surface area (Å²) in [4.78, 5) is 21.3. The molecule has 1 aromatic rings. The number of carbonyl (C=O) groups is 1. The Kier molecular flexibility index (Phi) is 5.91. The van der Waals surface area contributed by atoms with Gasteiger partial charge in [-0.1, -0.05) is 6.07 Å². The predicted octanol–water partition coefficient (Wildman–Crippen LogP) is 2.25. The third kappa shape index (κ3) is 4.17. The number of nitrogens with zero attached hydrogens (tertiary/aromatic N) is 3. The second-order valence-corrected chi connectivity index (χ2v) is 6.54. The maximum atomic E-state index is 12.5. The highest BCUT2D eigenvalue weighted by Crippen LogP contribution is 2.20. The van der Waals surface area contributed by atoms with Gasteiger partial charge in [0.25, 0.3) is 0 Å². The van der Waals surface area contributed by atoms with E-state index in [-0.39, 0.29) is 6.03 Å². The summed E-state index contributed by atoms with van der Waals surface area (Å²) in [6.07, 6.45) is 6.60. The number of carbonyl (C=O) groups excluding carboxylic acids is 1. The molecule has 0 radical (unpaired) electrons. The van der Waals surface area contributed by atoms with Crippen LogP contribution in [0.1, 0.15) is 38.2 Å². The Hall–Kier alpha value is -1.82. The van der Waals surface area contributed by atoms with Gasteiger partial charge in [-0.25, -0.2) is 9.78 Å². The van der Waals surface area contributed by atoms with Crippen LogP contribution in [-0.2, 0) is 6.54 Å². The van der Waals surface area contributed by atoms with Crippen LogP contribution in [0.2, 0.25) is 0 Å². The average Bonchev–Trinajstić information content (AvgIpc) is 3.16. The number of ether oxygens (including phenoxy) is 1. The summed E-state index contributed by atoms with van der Waals surface area (Å²) in [7, 11) is 0. The molecule has 0 aliphatic carbocycles. The highest BCUT2D eigenvalue weighted by Gasteiger charge is 2.29. The van der Waals surface area contributed by atoms with E-state index in [1.54, 1.807) is 6.20 Å². The molecule has 1 N–H and O–H groups in total. The largest absolute Gasteiger partial charge is 0.478 e. The maximum absolute atomic E-state index is 12.5. The fourth-order valence-corrected chi connectivity index (χ4v) is 3.65. The van der Waals surface area contributed by atoms with E-state index in [1.807, 2.05) is 24.0 Å². The zero-order valence-electron chi connectivity index (χ0n) is 14.5. The summed E-state index contributed by atoms with van der Waals surface area (Å²) >= 11 is 0. The number of likely N-dealkylation sites (tertiary alicyclic amines) is 2. The lowest BCUT2D eigenvalue weighted by molar-refractivity contribution is 0.125. The Balaban J connectivity index is 1.53. The molecule has 3 heterocycles. The van der Waals surface area contributed by atoms with Gasteiger partial charge in [-0.3, -0.25) is 4.90 Å². The van der Waals surface area contributed by atoms with Gasteiger partial charge >= 0.3 is 6.03 Å². The number of piperidine rings is 1. The topological polar surface area (TPSA) is 57.7 Å². The lowest BCUT2D eigenvalue weighted by atomic mass is 10.0. The van der Waals surface area contributed by atoms with Crippen molar-refractivity contribution >= 4 is 6.03 Å². The van der Waals surface area contributed by atoms with Crippen LogP contribution in [0, 0.1) is 0 Å². The van der Waals surface area contributed by atoms with Gasteiger partial charge in [0.05, 0.1) is 6.61 Å². The second kappa shape index (κ2) is 8.33. The minimum absolute atomic E-state index is 0.0187. The Bertz CT molecular complexity index is 546. The Morgan fingerprint density at radius 1 is 1.33 bits per heavy atom. The smallest absolute Gasteiger partial charge is 0.317 e. The van der Waals surface area contributed by atoms with Crippen LogP contribution in [0.3, 0.4) is 0 Å². The lowest BCUT2D eigenvalue weighted by Gasteiger charge is -2.37. The van der Waals surface area contributed by atoms with Gasteiger partial charge in [-0.05, 0) is 51.8 Å². The van der Waals surface area contributed by atoms with Gasteiger partial charge < -0.3 is 15.0 Å². The molecule has 1 atom stereocenters. The molecule has 0 saturated carbocycles. The van der Waals surface area contributed by atoms with Crippen molar-refractivity contribution in [1.29, 1.82) is 0 Å². The van der Waals surface area contributed by atoms with E-state index in [2.05, 4.69) is 15.2 Å². The summed E-state index contributed by atoms with van der Waals surface area (Å²) in [6, 6.07) is 4.37. The van der Waals surface area contributed by atoms with E-state index in [4.69, 9.17) is 4.74 Å². The van der Waals surface area contributed by atoms with E-state index >= 15 is 0 Å². The molecular weight excluding hydrogens is 304 g/mol. The summed E-state index contributed by atoms with van der Waals surface area (Å²) in [5.74, 6) is 0.605. The van der Waals surface area contributed by atoms with Crippen LogP contribution >= 0.6 is 0 Å². The first-order valence-corrected chi connectivity index (χ1v) is 9.11. The first-order chi connectivity index (χ1) is 11.8. The number of hydrogen-bond donors (Lipinski definition) is 1. The van der Waals surface area contributed by atoms with Crippen molar-refractivity contribution in [3.63, 3.8) is 0 Å². The molecule has 6 nitrogen and oxygen atoms in total. The molecule has 132 valence electrons. The Morgan fingerprint density at radius 3 is 2.96 bits per heavy atom. The van der Waals surface area contributed by atoms with E-state index in [0.717, 1.165) is 25.1 Å². The number of aromatic nitrogens is 1. The molecule has 2 aliphatic heterocycles. The average molecular weight is 332 g/mol. The standard InChI is InChI=1S/C18H28N4O2/c1-2-24-17-15(7-5-9-19-17)13-20-18(23)22-12-6-8-16(14-22)21-10-3-4-11-21/h5,7,9,16H,2-4,6,8,10-14H2,1H3,(H,20,23)/t16-/m1/s1. The van der Waals surface area contributed by atoms with E-state index in [0.29, 0.717) is 25.1 Å². The number of amides is 2. The highest BCUT2D eigenvalue weighted by molar-refractivity contribution is 5.74. The van der Waals surface area contributed by atoms with Crippen molar-refractivity contribution in [2.75, 3.05) is 32.8 Å². The SMILES string of the molecule is CCOc1ncccc1CNC(=O)N1CCC[C@@H](N2CCCC2)C1. The Morgan fingerprint density at radius 2 is 2.17 bits per heavy atom. The fourth-order valence-electron chi connectivity index (χ4n) is 3.65. The van der Waals surface area contributed by atoms with Gasteiger partial charge in [0.2, 0.25) is 5.88 Å². The van der Waals surface area contributed by atoms with Crippen molar-refractivity contribution in [2.24, 2.45) is 0 Å². The molecule has 6 heteroatoms. The minimum atomic E-state index is 0.0187. The van der Waals surface area contributed by atoms with E-state index < -0.39 is 0 Å². The van der Waals surface area contributed by atoms with Crippen LogP contribution in [-0.4, -0.2) is 59.6 Å². The van der Waals surface area contributed by atoms with Gasteiger partial charge in [0.1, 0.15) is 0 Å². The monoisotopic (exact) mass is 332 g/mol. The molecule has 0 aromatic carbocycles. The van der Waals surface area contributed by atoms with Crippen molar-refractivity contribution in [3.05, 3.63) is 23.9 Å². The number of nitrogens with one attached hydrogen (secondary N) is 1. The van der Waals surface area contributed by atoms with Crippen LogP contribution in [0.15, 0.2) is 18.3 Å². The summed E-state index contributed by atoms with van der Waals surface area (Å²) in [5, 5.41) is 3.03. The van der Waals surface area contributed by atoms with Crippen molar-refractivity contribution in [3.8, 4) is 5.88 Å². The molecule has 0 bridgehead atoms. The number of pyridine rings is 1. The number of hydrogen-bond acceptors (Lipinski definition) is 4. The summed E-state index contributed by atoms with van der Waals surface area (Å²) < 4.78 is 5.52. The second-order valence-electron chi connectivity index (χ2n) is 6.54. The van der Waals surface area contributed by atoms with E-state index in [1.165, 1.54) is 32.4 Å². The molecule has 2 aliphatic rings. The van der Waals surface area contributed by atoms with Gasteiger partial charge in [0.15, 0.2) is 0 Å². The Labute approximate surface area is 144 Å². The third-order valence-corrected chi connectivity index (χ3v) is 4.90. The molecule has 2 fully saturated rings. The molecule has 0 unspecified atom stereocenters. The third-order valence-electron chi connectivity index (χ3n) is 4.90. The number of rotatable bonds is 5. The first kappa shape index (κ1) is 17.0. The summed E-state index contributed by atoms with van der Waals surface area (Å²) in [6.45, 7) is 7.03. The van der Waals surface area contributed by atoms with Gasteiger partial charge in [-0.15, -0.1) is 0 Å². The molecule has 2 saturated heterocycles. The zero-order valence-corrected chi connectivity index (χ0v) is 14.5. The molecule has 24 heavy (non-hydrogen) atoms. The fraction of sp³-hybridized carbons (Fsp3) is 0.667. The lowest BCUT2D eigenvalue weighted by Crippen LogP contribution is -2.51. The summed E-state index contributed by atoms with van der Waals surface area (Å²) in [5.41, 5.74) is 0.917. The quantitative estimate of drug-likeness (QED) is 0.898. The van der Waals surface area contributed by atoms with Crippen molar-refractivity contribution in [2.45, 2.75) is 45.2 Å². The number of urea groups is 1. The van der Waals surface area contributed by atoms with Crippen molar-refractivity contribution < 1.29 is 9.53 Å². The molecule has 1 aromatic heterocycles. The van der Waals surface area contributed by atoms with Crippen molar-refractivity contribution in [1.82, 2.24) is 20.1 Å². The maximum Gasteiger partial charge on any atom is 0.317 e. The normalized spacial score (nSPS) is 21.7. The van der Waals surface area contributed by atoms with Gasteiger partial charge in [-0.2, -0.15) is 0 Å². The highest BCUT2D eigenvalue weighted by atomic mass is 16.5. The van der Waals surface area contributed by atoms with E-state index in [9.17, 15) is 4.79 Å². The molecule has 3 rings (SSSR count). The van der Waals surface area contributed by atoms with Crippen LogP contribution in [0.5, 0.6) is 5.88 Å². The molecule has 0 spiro atoms. The van der Waals surface area contributed by atoms with Crippen LogP contribution in [0.25, 0.3) is 0 Å². The minimum Gasteiger partial charge on any atom is -0.478 e.